The van der Waals surface area contributed by atoms with Gasteiger partial charge in [0.1, 0.15) is 0 Å². The second-order valence-corrected chi connectivity index (χ2v) is 3.70. The summed E-state index contributed by atoms with van der Waals surface area (Å²) in [4.78, 5) is 24.0. The molecule has 1 N–H and O–H groups in total. The number of amides is 2. The van der Waals surface area contributed by atoms with Crippen molar-refractivity contribution < 1.29 is 14.3 Å². The lowest BCUT2D eigenvalue weighted by atomic mass is 10.4. The van der Waals surface area contributed by atoms with Gasteiger partial charge >= 0.3 is 12.0 Å². The van der Waals surface area contributed by atoms with Crippen LogP contribution in [0.15, 0.2) is 0 Å². The Bertz CT molecular complexity index is 239. The van der Waals surface area contributed by atoms with E-state index in [0.717, 1.165) is 12.8 Å². The number of hydrogen-bond donors (Lipinski definition) is 1. The number of urea groups is 1. The van der Waals surface area contributed by atoms with Crippen LogP contribution in [-0.2, 0) is 9.53 Å². The van der Waals surface area contributed by atoms with Crippen LogP contribution in [0.1, 0.15) is 26.2 Å². The Morgan fingerprint density at radius 1 is 1.47 bits per heavy atom. The van der Waals surface area contributed by atoms with E-state index in [1.807, 2.05) is 0 Å². The molecule has 1 rings (SSSR count). The quantitative estimate of drug-likeness (QED) is 0.687. The van der Waals surface area contributed by atoms with Gasteiger partial charge in [-0.2, -0.15) is 0 Å². The van der Waals surface area contributed by atoms with Gasteiger partial charge < -0.3 is 15.0 Å². The minimum Gasteiger partial charge on any atom is -0.466 e. The summed E-state index contributed by atoms with van der Waals surface area (Å²) in [6, 6.07) is 0.240. The van der Waals surface area contributed by atoms with Crippen molar-refractivity contribution in [3.8, 4) is 0 Å². The number of ether oxygens (including phenoxy) is 1. The summed E-state index contributed by atoms with van der Waals surface area (Å²) in [6.07, 6.45) is 2.39. The fourth-order valence-electron chi connectivity index (χ4n) is 1.11. The Hall–Kier alpha value is -1.26. The molecule has 1 saturated carbocycles. The van der Waals surface area contributed by atoms with Crippen molar-refractivity contribution in [1.82, 2.24) is 10.2 Å². The minimum absolute atomic E-state index is 0.109. The molecule has 5 heteroatoms. The average molecular weight is 214 g/mol. The Balaban J connectivity index is 2.13. The fraction of sp³-hybridized carbons (Fsp3) is 0.800. The zero-order valence-electron chi connectivity index (χ0n) is 9.28. The lowest BCUT2D eigenvalue weighted by Crippen LogP contribution is -2.39. The van der Waals surface area contributed by atoms with E-state index >= 15 is 0 Å². The normalized spacial score (nSPS) is 14.5. The molecule has 0 aromatic carbocycles. The molecule has 1 aliphatic carbocycles. The monoisotopic (exact) mass is 214 g/mol. The summed E-state index contributed by atoms with van der Waals surface area (Å²) < 4.78 is 4.77. The third kappa shape index (κ3) is 4.67. The number of esters is 1. The van der Waals surface area contributed by atoms with Gasteiger partial charge in [0.2, 0.25) is 0 Å². The van der Waals surface area contributed by atoms with Gasteiger partial charge in [-0.05, 0) is 19.8 Å². The third-order valence-electron chi connectivity index (χ3n) is 2.21. The summed E-state index contributed by atoms with van der Waals surface area (Å²) in [7, 11) is 1.68. The molecular formula is C10H18N2O3. The van der Waals surface area contributed by atoms with E-state index in [-0.39, 0.29) is 18.4 Å². The van der Waals surface area contributed by atoms with Crippen LogP contribution in [-0.4, -0.2) is 43.1 Å². The van der Waals surface area contributed by atoms with Gasteiger partial charge in [-0.1, -0.05) is 0 Å². The highest BCUT2D eigenvalue weighted by Gasteiger charge is 2.24. The van der Waals surface area contributed by atoms with E-state index in [2.05, 4.69) is 5.32 Å². The average Bonchev–Trinajstić information content (AvgIpc) is 2.98. The molecule has 0 radical (unpaired) electrons. The first-order valence-electron chi connectivity index (χ1n) is 5.30. The summed E-state index contributed by atoms with van der Waals surface area (Å²) in [5.74, 6) is -0.261. The van der Waals surface area contributed by atoms with Crippen LogP contribution in [0.2, 0.25) is 0 Å². The first-order valence-corrected chi connectivity index (χ1v) is 5.30. The minimum atomic E-state index is -0.261. The van der Waals surface area contributed by atoms with Crippen LogP contribution in [0.5, 0.6) is 0 Å². The van der Waals surface area contributed by atoms with E-state index in [1.54, 1.807) is 14.0 Å². The Morgan fingerprint density at radius 3 is 2.67 bits per heavy atom. The van der Waals surface area contributed by atoms with Gasteiger partial charge in [-0.25, -0.2) is 4.79 Å². The van der Waals surface area contributed by atoms with Crippen LogP contribution in [0.4, 0.5) is 4.79 Å². The van der Waals surface area contributed by atoms with Crippen LogP contribution >= 0.6 is 0 Å². The molecule has 0 aromatic rings. The highest BCUT2D eigenvalue weighted by molar-refractivity contribution is 5.75. The van der Waals surface area contributed by atoms with Gasteiger partial charge in [0.25, 0.3) is 0 Å². The molecule has 0 bridgehead atoms. The maximum absolute atomic E-state index is 11.4. The van der Waals surface area contributed by atoms with Crippen molar-refractivity contribution in [2.24, 2.45) is 0 Å². The first-order chi connectivity index (χ1) is 7.13. The Morgan fingerprint density at radius 2 is 2.13 bits per heavy atom. The van der Waals surface area contributed by atoms with E-state index in [0.29, 0.717) is 19.2 Å². The molecule has 0 spiro atoms. The van der Waals surface area contributed by atoms with E-state index in [1.165, 1.54) is 4.90 Å². The molecule has 0 aliphatic heterocycles. The molecule has 5 nitrogen and oxygen atoms in total. The summed E-state index contributed by atoms with van der Waals surface area (Å²) >= 11 is 0. The first kappa shape index (κ1) is 11.8. The second-order valence-electron chi connectivity index (χ2n) is 3.70. The van der Waals surface area contributed by atoms with Gasteiger partial charge in [0, 0.05) is 19.6 Å². The van der Waals surface area contributed by atoms with Crippen LogP contribution in [0, 0.1) is 0 Å². The van der Waals surface area contributed by atoms with Gasteiger partial charge in [-0.15, -0.1) is 0 Å². The maximum Gasteiger partial charge on any atom is 0.317 e. The molecular weight excluding hydrogens is 196 g/mol. The van der Waals surface area contributed by atoms with Crippen LogP contribution < -0.4 is 5.32 Å². The molecule has 0 atom stereocenters. The molecule has 0 heterocycles. The Labute approximate surface area is 89.8 Å². The molecule has 0 saturated heterocycles. The smallest absolute Gasteiger partial charge is 0.317 e. The Kier molecular flexibility index (Phi) is 4.39. The number of hydrogen-bond acceptors (Lipinski definition) is 3. The molecule has 0 unspecified atom stereocenters. The van der Waals surface area contributed by atoms with E-state index < -0.39 is 0 Å². The second kappa shape index (κ2) is 5.58. The molecule has 15 heavy (non-hydrogen) atoms. The van der Waals surface area contributed by atoms with E-state index in [9.17, 15) is 9.59 Å². The third-order valence-corrected chi connectivity index (χ3v) is 2.21. The van der Waals surface area contributed by atoms with Crippen LogP contribution in [0.3, 0.4) is 0 Å². The lowest BCUT2D eigenvalue weighted by Gasteiger charge is -2.17. The zero-order chi connectivity index (χ0) is 11.3. The van der Waals surface area contributed by atoms with Gasteiger partial charge in [0.15, 0.2) is 0 Å². The topological polar surface area (TPSA) is 58.6 Å². The fourth-order valence-corrected chi connectivity index (χ4v) is 1.11. The van der Waals surface area contributed by atoms with Gasteiger partial charge in [-0.3, -0.25) is 4.79 Å². The predicted octanol–water partition coefficient (Wildman–Crippen LogP) is 0.743. The predicted molar refractivity (Wildman–Crippen MR) is 55.4 cm³/mol. The number of carbonyl (C=O) groups is 2. The number of nitrogens with zero attached hydrogens (tertiary/aromatic N) is 1. The molecule has 1 aliphatic rings. The van der Waals surface area contributed by atoms with Crippen molar-refractivity contribution in [3.63, 3.8) is 0 Å². The van der Waals surface area contributed by atoms with Gasteiger partial charge in [0.05, 0.1) is 13.0 Å². The van der Waals surface area contributed by atoms with Crippen molar-refractivity contribution in [2.75, 3.05) is 20.2 Å². The van der Waals surface area contributed by atoms with Crippen molar-refractivity contribution in [2.45, 2.75) is 32.2 Å². The zero-order valence-corrected chi connectivity index (χ0v) is 9.28. The lowest BCUT2D eigenvalue weighted by molar-refractivity contribution is -0.143. The molecule has 0 aromatic heterocycles. The largest absolute Gasteiger partial charge is 0.466 e. The van der Waals surface area contributed by atoms with Crippen LogP contribution in [0.25, 0.3) is 0 Å². The number of rotatable bonds is 5. The maximum atomic E-state index is 11.4. The number of nitrogens with one attached hydrogen (secondary N) is 1. The molecule has 2 amide bonds. The highest BCUT2D eigenvalue weighted by Crippen LogP contribution is 2.18. The summed E-state index contributed by atoms with van der Waals surface area (Å²) in [5.41, 5.74) is 0. The van der Waals surface area contributed by atoms with Crippen molar-refractivity contribution in [3.05, 3.63) is 0 Å². The van der Waals surface area contributed by atoms with E-state index in [4.69, 9.17) is 4.74 Å². The summed E-state index contributed by atoms with van der Waals surface area (Å²) in [5, 5.41) is 2.84. The SMILES string of the molecule is CCOC(=O)CCN(C)C(=O)NC1CC1. The van der Waals surface area contributed by atoms with Crippen molar-refractivity contribution in [1.29, 1.82) is 0 Å². The summed E-state index contributed by atoms with van der Waals surface area (Å²) in [6.45, 7) is 2.55. The standard InChI is InChI=1S/C10H18N2O3/c1-3-15-9(13)6-7-12(2)10(14)11-8-4-5-8/h8H,3-7H2,1-2H3,(H,11,14). The van der Waals surface area contributed by atoms with Crippen molar-refractivity contribution >= 4 is 12.0 Å². The number of carbonyl (C=O) groups excluding carboxylic acids is 2. The molecule has 1 fully saturated rings. The highest BCUT2D eigenvalue weighted by atomic mass is 16.5. The molecule has 86 valence electrons.